The van der Waals surface area contributed by atoms with E-state index in [1.54, 1.807) is 0 Å². The minimum absolute atomic E-state index is 0.294. The van der Waals surface area contributed by atoms with Gasteiger partial charge in [-0.15, -0.1) is 0 Å². The van der Waals surface area contributed by atoms with Crippen LogP contribution in [0.3, 0.4) is 0 Å². The molecule has 1 saturated heterocycles. The molecule has 0 aromatic carbocycles. The molecule has 1 aliphatic heterocycles. The van der Waals surface area contributed by atoms with E-state index in [0.717, 1.165) is 19.5 Å². The highest BCUT2D eigenvalue weighted by Gasteiger charge is 2.27. The fourth-order valence-electron chi connectivity index (χ4n) is 1.20. The molecule has 0 aromatic rings. The van der Waals surface area contributed by atoms with E-state index in [-0.39, 0.29) is 0 Å². The maximum Gasteiger partial charge on any atom is 0.224 e. The minimum Gasteiger partial charge on any atom is -0.338 e. The Labute approximate surface area is 61.4 Å². The quantitative estimate of drug-likeness (QED) is 0.555. The van der Waals surface area contributed by atoms with Gasteiger partial charge in [-0.25, -0.2) is 0 Å². The molecule has 3 heteroatoms. The van der Waals surface area contributed by atoms with Crippen LogP contribution >= 0.6 is 0 Å². The van der Waals surface area contributed by atoms with E-state index in [1.165, 1.54) is 0 Å². The predicted molar refractivity (Wildman–Crippen MR) is 39.7 cm³/mol. The third-order valence-corrected chi connectivity index (χ3v) is 1.92. The van der Waals surface area contributed by atoms with Gasteiger partial charge in [-0.05, 0) is 14.0 Å². The highest BCUT2D eigenvalue weighted by Crippen LogP contribution is 2.11. The summed E-state index contributed by atoms with van der Waals surface area (Å²) < 4.78 is 0. The Bertz CT molecular complexity index is 136. The van der Waals surface area contributed by atoms with Crippen LogP contribution in [0.4, 0.5) is 0 Å². The Hall–Kier alpha value is -0.570. The van der Waals surface area contributed by atoms with Crippen molar-refractivity contribution in [3.05, 3.63) is 0 Å². The molecule has 1 atom stereocenters. The number of hydrogen-bond donors (Lipinski definition) is 1. The average Bonchev–Trinajstić information content (AvgIpc) is 1.85. The molecule has 1 heterocycles. The van der Waals surface area contributed by atoms with Crippen LogP contribution in [-0.4, -0.2) is 37.0 Å². The lowest BCUT2D eigenvalue weighted by molar-refractivity contribution is -0.142. The molecule has 10 heavy (non-hydrogen) atoms. The fourth-order valence-corrected chi connectivity index (χ4v) is 1.20. The number of carbonyl (C=O) groups excluding carboxylic acids is 1. The fraction of sp³-hybridized carbons (Fsp3) is 0.857. The molecule has 1 amide bonds. The van der Waals surface area contributed by atoms with Gasteiger partial charge in [0.1, 0.15) is 0 Å². The highest BCUT2D eigenvalue weighted by molar-refractivity contribution is 5.81. The highest BCUT2D eigenvalue weighted by atomic mass is 16.2. The van der Waals surface area contributed by atoms with Crippen molar-refractivity contribution in [1.29, 1.82) is 0 Å². The number of hydrogen-bond acceptors (Lipinski definition) is 2. The third kappa shape index (κ3) is 1.29. The van der Waals surface area contributed by atoms with Gasteiger partial charge in [0.05, 0.1) is 0 Å². The Kier molecular flexibility index (Phi) is 2.27. The second-order valence-corrected chi connectivity index (χ2v) is 2.74. The zero-order chi connectivity index (χ0) is 7.56. The zero-order valence-corrected chi connectivity index (χ0v) is 6.55. The van der Waals surface area contributed by atoms with Crippen LogP contribution in [0.5, 0.6) is 0 Å². The minimum atomic E-state index is 0.294. The first-order chi connectivity index (χ1) is 4.75. The van der Waals surface area contributed by atoms with Crippen molar-refractivity contribution in [3.8, 4) is 0 Å². The summed E-state index contributed by atoms with van der Waals surface area (Å²) in [5, 5.41) is 3.04. The number of amides is 1. The summed E-state index contributed by atoms with van der Waals surface area (Å²) in [6, 6.07) is 0.367. The molecule has 1 fully saturated rings. The van der Waals surface area contributed by atoms with E-state index >= 15 is 0 Å². The molecule has 3 nitrogen and oxygen atoms in total. The molecule has 1 N–H and O–H groups in total. The Morgan fingerprint density at radius 2 is 2.50 bits per heavy atom. The SMILES string of the molecule is CNCC(C)N1CCC1=O. The zero-order valence-electron chi connectivity index (χ0n) is 6.55. The lowest BCUT2D eigenvalue weighted by atomic mass is 10.1. The predicted octanol–water partition coefficient (Wildman–Crippen LogP) is -0.173. The lowest BCUT2D eigenvalue weighted by Gasteiger charge is -2.36. The first-order valence-electron chi connectivity index (χ1n) is 3.69. The number of likely N-dealkylation sites (tertiary alicyclic amines) is 1. The maximum absolute atomic E-state index is 10.8. The van der Waals surface area contributed by atoms with Crippen molar-refractivity contribution in [3.63, 3.8) is 0 Å². The van der Waals surface area contributed by atoms with E-state index < -0.39 is 0 Å². The molecule has 1 rings (SSSR count). The molecule has 0 radical (unpaired) electrons. The van der Waals surface area contributed by atoms with Gasteiger partial charge < -0.3 is 10.2 Å². The van der Waals surface area contributed by atoms with Gasteiger partial charge in [-0.3, -0.25) is 4.79 Å². The van der Waals surface area contributed by atoms with E-state index in [4.69, 9.17) is 0 Å². The van der Waals surface area contributed by atoms with Gasteiger partial charge in [-0.2, -0.15) is 0 Å². The van der Waals surface area contributed by atoms with Crippen LogP contribution in [0.25, 0.3) is 0 Å². The van der Waals surface area contributed by atoms with Crippen molar-refractivity contribution >= 4 is 5.91 Å². The lowest BCUT2D eigenvalue weighted by Crippen LogP contribution is -2.51. The van der Waals surface area contributed by atoms with Crippen LogP contribution in [0.15, 0.2) is 0 Å². The normalized spacial score (nSPS) is 20.6. The second-order valence-electron chi connectivity index (χ2n) is 2.74. The summed E-state index contributed by atoms with van der Waals surface area (Å²) in [6.07, 6.45) is 0.744. The third-order valence-electron chi connectivity index (χ3n) is 1.92. The molecule has 1 unspecified atom stereocenters. The second kappa shape index (κ2) is 3.01. The maximum atomic E-state index is 10.8. The number of likely N-dealkylation sites (N-methyl/N-ethyl adjacent to an activating group) is 1. The summed E-state index contributed by atoms with van der Waals surface area (Å²) in [6.45, 7) is 3.90. The van der Waals surface area contributed by atoms with Gasteiger partial charge in [0.15, 0.2) is 0 Å². The van der Waals surface area contributed by atoms with Gasteiger partial charge in [0, 0.05) is 25.6 Å². The van der Waals surface area contributed by atoms with Crippen LogP contribution in [0, 0.1) is 0 Å². The number of β-lactam (4-membered cyclic amide) rings is 1. The molecule has 0 saturated carbocycles. The van der Waals surface area contributed by atoms with Gasteiger partial charge >= 0.3 is 0 Å². The number of nitrogens with one attached hydrogen (secondary N) is 1. The molecule has 0 aliphatic carbocycles. The Morgan fingerprint density at radius 3 is 2.80 bits per heavy atom. The monoisotopic (exact) mass is 142 g/mol. The molecule has 0 bridgehead atoms. The number of nitrogens with zero attached hydrogens (tertiary/aromatic N) is 1. The number of carbonyl (C=O) groups is 1. The van der Waals surface area contributed by atoms with Crippen molar-refractivity contribution < 1.29 is 4.79 Å². The van der Waals surface area contributed by atoms with Crippen molar-refractivity contribution in [2.45, 2.75) is 19.4 Å². The molecule has 0 aromatic heterocycles. The van der Waals surface area contributed by atoms with E-state index in [1.807, 2.05) is 11.9 Å². The van der Waals surface area contributed by atoms with Crippen LogP contribution in [0.1, 0.15) is 13.3 Å². The number of rotatable bonds is 3. The Balaban J connectivity index is 2.27. The van der Waals surface area contributed by atoms with Crippen LogP contribution in [0.2, 0.25) is 0 Å². The van der Waals surface area contributed by atoms with E-state index in [9.17, 15) is 4.79 Å². The Morgan fingerprint density at radius 1 is 1.80 bits per heavy atom. The smallest absolute Gasteiger partial charge is 0.224 e. The molecule has 58 valence electrons. The van der Waals surface area contributed by atoms with Gasteiger partial charge in [0.25, 0.3) is 0 Å². The molecule has 0 spiro atoms. The van der Waals surface area contributed by atoms with Crippen molar-refractivity contribution in [2.75, 3.05) is 20.1 Å². The summed E-state index contributed by atoms with van der Waals surface area (Å²) in [4.78, 5) is 12.7. The first kappa shape index (κ1) is 7.54. The molecule has 1 aliphatic rings. The van der Waals surface area contributed by atoms with Crippen molar-refractivity contribution in [1.82, 2.24) is 10.2 Å². The standard InChI is InChI=1S/C7H14N2O/c1-6(5-8-2)9-4-3-7(9)10/h6,8H,3-5H2,1-2H3. The van der Waals surface area contributed by atoms with Gasteiger partial charge in [0.2, 0.25) is 5.91 Å². The summed E-state index contributed by atoms with van der Waals surface area (Å²) in [5.74, 6) is 0.294. The summed E-state index contributed by atoms with van der Waals surface area (Å²) in [7, 11) is 1.90. The summed E-state index contributed by atoms with van der Waals surface area (Å²) in [5.41, 5.74) is 0. The summed E-state index contributed by atoms with van der Waals surface area (Å²) >= 11 is 0. The van der Waals surface area contributed by atoms with Crippen LogP contribution < -0.4 is 5.32 Å². The van der Waals surface area contributed by atoms with E-state index in [0.29, 0.717) is 11.9 Å². The van der Waals surface area contributed by atoms with Gasteiger partial charge in [-0.1, -0.05) is 0 Å². The van der Waals surface area contributed by atoms with E-state index in [2.05, 4.69) is 12.2 Å². The first-order valence-corrected chi connectivity index (χ1v) is 3.69. The molecular weight excluding hydrogens is 128 g/mol. The van der Waals surface area contributed by atoms with Crippen molar-refractivity contribution in [2.24, 2.45) is 0 Å². The largest absolute Gasteiger partial charge is 0.338 e. The molecular formula is C7H14N2O. The topological polar surface area (TPSA) is 32.3 Å². The van der Waals surface area contributed by atoms with Crippen LogP contribution in [-0.2, 0) is 4.79 Å². The average molecular weight is 142 g/mol.